The third-order valence-corrected chi connectivity index (χ3v) is 3.64. The Morgan fingerprint density at radius 1 is 0.913 bits per heavy atom. The summed E-state index contributed by atoms with van der Waals surface area (Å²) in [7, 11) is -3.36. The number of carbonyl (C=O) groups excluding carboxylic acids is 2. The first kappa shape index (κ1) is 21.6. The molecule has 0 rings (SSSR count). The van der Waals surface area contributed by atoms with Crippen molar-refractivity contribution in [3.63, 3.8) is 0 Å². The number of rotatable bonds is 10. The van der Waals surface area contributed by atoms with Crippen LogP contribution in [0.25, 0.3) is 0 Å². The summed E-state index contributed by atoms with van der Waals surface area (Å²) in [5.41, 5.74) is 0.530. The molecule has 8 heteroatoms. The molecule has 0 aliphatic rings. The van der Waals surface area contributed by atoms with Gasteiger partial charge in [-0.05, 0) is 27.7 Å². The molecule has 0 heterocycles. The molecule has 7 nitrogen and oxygen atoms in total. The predicted octanol–water partition coefficient (Wildman–Crippen LogP) is 2.86. The second-order valence-electron chi connectivity index (χ2n) is 5.36. The molecular weight excluding hydrogens is 323 g/mol. The first-order chi connectivity index (χ1) is 10.4. The van der Waals surface area contributed by atoms with Gasteiger partial charge in [0.05, 0.1) is 13.2 Å². The molecule has 0 aliphatic heterocycles. The summed E-state index contributed by atoms with van der Waals surface area (Å²) in [5.74, 6) is -1.10. The number of esters is 2. The van der Waals surface area contributed by atoms with Crippen molar-refractivity contribution < 1.29 is 32.7 Å². The maximum absolute atomic E-state index is 12.1. The van der Waals surface area contributed by atoms with E-state index in [1.807, 2.05) is 0 Å². The minimum atomic E-state index is -3.36. The quantitative estimate of drug-likeness (QED) is 0.341. The molecule has 0 saturated carbocycles. The summed E-state index contributed by atoms with van der Waals surface area (Å²) in [6.45, 7) is 14.3. The highest BCUT2D eigenvalue weighted by atomic mass is 31.2. The minimum Gasteiger partial charge on any atom is -0.457 e. The molecule has 2 unspecified atom stereocenters. The lowest BCUT2D eigenvalue weighted by molar-refractivity contribution is -0.145. The van der Waals surface area contributed by atoms with Gasteiger partial charge in [-0.2, -0.15) is 0 Å². The Morgan fingerprint density at radius 2 is 1.22 bits per heavy atom. The van der Waals surface area contributed by atoms with Crippen molar-refractivity contribution in [2.75, 3.05) is 19.9 Å². The molecule has 0 aliphatic carbocycles. The van der Waals surface area contributed by atoms with Crippen molar-refractivity contribution in [1.82, 2.24) is 0 Å². The van der Waals surface area contributed by atoms with Crippen LogP contribution in [-0.2, 0) is 32.7 Å². The van der Waals surface area contributed by atoms with Gasteiger partial charge >= 0.3 is 19.5 Å². The smallest absolute Gasteiger partial charge is 0.333 e. The van der Waals surface area contributed by atoms with Crippen molar-refractivity contribution in [1.29, 1.82) is 0 Å². The highest BCUT2D eigenvalue weighted by Crippen LogP contribution is 2.44. The lowest BCUT2D eigenvalue weighted by atomic mass is 10.3. The number of hydrogen-bond acceptors (Lipinski definition) is 7. The van der Waals surface area contributed by atoms with E-state index in [0.29, 0.717) is 0 Å². The molecule has 0 saturated heterocycles. The molecule has 0 radical (unpaired) electrons. The number of hydrogen-bond donors (Lipinski definition) is 0. The molecule has 2 atom stereocenters. The average Bonchev–Trinajstić information content (AvgIpc) is 2.43. The summed E-state index contributed by atoms with van der Waals surface area (Å²) in [6, 6.07) is 0. The van der Waals surface area contributed by atoms with Gasteiger partial charge in [-0.1, -0.05) is 13.2 Å². The van der Waals surface area contributed by atoms with E-state index in [2.05, 4.69) is 13.2 Å². The van der Waals surface area contributed by atoms with E-state index in [9.17, 15) is 14.2 Å². The summed E-state index contributed by atoms with van der Waals surface area (Å²) in [6.07, 6.45) is -1.20. The largest absolute Gasteiger partial charge is 0.457 e. The van der Waals surface area contributed by atoms with E-state index < -0.39 is 31.7 Å². The zero-order valence-corrected chi connectivity index (χ0v) is 15.2. The summed E-state index contributed by atoms with van der Waals surface area (Å²) >= 11 is 0. The molecule has 132 valence electrons. The van der Waals surface area contributed by atoms with Crippen LogP contribution in [0.3, 0.4) is 0 Å². The van der Waals surface area contributed by atoms with Crippen LogP contribution >= 0.6 is 7.60 Å². The summed E-state index contributed by atoms with van der Waals surface area (Å²) in [4.78, 5) is 22.6. The van der Waals surface area contributed by atoms with E-state index in [0.717, 1.165) is 0 Å². The second-order valence-corrected chi connectivity index (χ2v) is 7.41. The fourth-order valence-electron chi connectivity index (χ4n) is 1.15. The van der Waals surface area contributed by atoms with E-state index >= 15 is 0 Å². The third-order valence-electron chi connectivity index (χ3n) is 2.40. The van der Waals surface area contributed by atoms with Crippen LogP contribution in [-0.4, -0.2) is 44.0 Å². The lowest BCUT2D eigenvalue weighted by Gasteiger charge is -2.20. The predicted molar refractivity (Wildman–Crippen MR) is 86.2 cm³/mol. The van der Waals surface area contributed by atoms with E-state index in [1.54, 1.807) is 13.8 Å². The van der Waals surface area contributed by atoms with Crippen LogP contribution in [0.15, 0.2) is 24.3 Å². The van der Waals surface area contributed by atoms with Crippen molar-refractivity contribution >= 4 is 19.5 Å². The van der Waals surface area contributed by atoms with Gasteiger partial charge in [0.1, 0.15) is 12.2 Å². The number of carbonyl (C=O) groups is 2. The Kier molecular flexibility index (Phi) is 9.05. The number of ether oxygens (including phenoxy) is 2. The summed E-state index contributed by atoms with van der Waals surface area (Å²) < 4.78 is 32.4. The Hall–Kier alpha value is -1.43. The van der Waals surface area contributed by atoms with Gasteiger partial charge in [0.15, 0.2) is 0 Å². The first-order valence-corrected chi connectivity index (χ1v) is 9.03. The molecule has 0 spiro atoms. The van der Waals surface area contributed by atoms with E-state index in [-0.39, 0.29) is 24.4 Å². The molecule has 0 amide bonds. The molecule has 0 aromatic heterocycles. The Bertz CT molecular complexity index is 470. The van der Waals surface area contributed by atoms with Crippen molar-refractivity contribution in [2.45, 2.75) is 39.9 Å². The molecule has 23 heavy (non-hydrogen) atoms. The molecule has 0 aromatic carbocycles. The lowest BCUT2D eigenvalue weighted by Crippen LogP contribution is -2.22. The van der Waals surface area contributed by atoms with Crippen LogP contribution in [0.4, 0.5) is 0 Å². The first-order valence-electron chi connectivity index (χ1n) is 7.04. The SMILES string of the molecule is C=C(C)C(=O)OC(C)COP(C)(=O)OCC(C)OC(=O)C(=C)C. The average molecular weight is 348 g/mol. The minimum absolute atomic E-state index is 0.0905. The molecule has 0 fully saturated rings. The van der Waals surface area contributed by atoms with Gasteiger partial charge in [0.2, 0.25) is 0 Å². The maximum Gasteiger partial charge on any atom is 0.333 e. The zero-order valence-electron chi connectivity index (χ0n) is 14.3. The normalized spacial score (nSPS) is 15.9. The van der Waals surface area contributed by atoms with Gasteiger partial charge in [-0.25, -0.2) is 9.59 Å². The Morgan fingerprint density at radius 3 is 1.48 bits per heavy atom. The van der Waals surface area contributed by atoms with Crippen LogP contribution in [0, 0.1) is 0 Å². The van der Waals surface area contributed by atoms with Crippen LogP contribution < -0.4 is 0 Å². The monoisotopic (exact) mass is 348 g/mol. The van der Waals surface area contributed by atoms with Gasteiger partial charge < -0.3 is 18.5 Å². The Labute approximate surface area is 137 Å². The van der Waals surface area contributed by atoms with Crippen molar-refractivity contribution in [3.05, 3.63) is 24.3 Å². The summed E-state index contributed by atoms with van der Waals surface area (Å²) in [5, 5.41) is 0. The van der Waals surface area contributed by atoms with Gasteiger partial charge in [-0.15, -0.1) is 0 Å². The fourth-order valence-corrected chi connectivity index (χ4v) is 2.19. The van der Waals surface area contributed by atoms with Crippen LogP contribution in [0.2, 0.25) is 0 Å². The molecular formula is C15H25O7P. The molecule has 0 aromatic rings. The van der Waals surface area contributed by atoms with E-state index in [1.165, 1.54) is 20.5 Å². The standard InChI is InChI=1S/C15H25O7P/c1-10(2)14(16)21-12(5)8-19-23(7,18)20-9-13(6)22-15(17)11(3)4/h12-13H,1,3,8-9H2,2,4-7H3. The molecule has 0 bridgehead atoms. The van der Waals surface area contributed by atoms with Gasteiger partial charge in [0.25, 0.3) is 0 Å². The second kappa shape index (κ2) is 9.65. The van der Waals surface area contributed by atoms with Crippen molar-refractivity contribution in [2.24, 2.45) is 0 Å². The van der Waals surface area contributed by atoms with Gasteiger partial charge in [0, 0.05) is 17.8 Å². The Balaban J connectivity index is 4.21. The maximum atomic E-state index is 12.1. The highest BCUT2D eigenvalue weighted by Gasteiger charge is 2.22. The van der Waals surface area contributed by atoms with Crippen molar-refractivity contribution in [3.8, 4) is 0 Å². The molecule has 0 N–H and O–H groups in total. The fraction of sp³-hybridized carbons (Fsp3) is 0.600. The third kappa shape index (κ3) is 10.0. The van der Waals surface area contributed by atoms with Crippen LogP contribution in [0.1, 0.15) is 27.7 Å². The topological polar surface area (TPSA) is 88.1 Å². The highest BCUT2D eigenvalue weighted by molar-refractivity contribution is 7.52. The van der Waals surface area contributed by atoms with E-state index in [4.69, 9.17) is 18.5 Å². The van der Waals surface area contributed by atoms with Gasteiger partial charge in [-0.3, -0.25) is 4.57 Å². The zero-order chi connectivity index (χ0) is 18.2. The van der Waals surface area contributed by atoms with Crippen LogP contribution in [0.5, 0.6) is 0 Å².